The molecule has 1 saturated heterocycles. The minimum Gasteiger partial charge on any atom is -0.352 e. The molecule has 188 valence electrons. The molecule has 0 radical (unpaired) electrons. The normalized spacial score (nSPS) is 22.2. The highest BCUT2D eigenvalue weighted by molar-refractivity contribution is 5.34. The molecule has 2 aromatic carbocycles. The Hall–Kier alpha value is -2.92. The lowest BCUT2D eigenvalue weighted by Crippen LogP contribution is -2.39. The van der Waals surface area contributed by atoms with Gasteiger partial charge in [0.2, 0.25) is 0 Å². The molecule has 1 aromatic heterocycles. The van der Waals surface area contributed by atoms with Crippen LogP contribution in [0.2, 0.25) is 0 Å². The highest BCUT2D eigenvalue weighted by Crippen LogP contribution is 2.41. The number of hydrogen-bond donors (Lipinski definition) is 0. The summed E-state index contributed by atoms with van der Waals surface area (Å²) >= 11 is 0. The maximum atomic E-state index is 13.3. The number of aromatic nitrogens is 3. The van der Waals surface area contributed by atoms with Gasteiger partial charge in [0.05, 0.1) is 23.8 Å². The van der Waals surface area contributed by atoms with Crippen molar-refractivity contribution in [2.24, 2.45) is 5.92 Å². The largest absolute Gasteiger partial charge is 0.416 e. The minimum atomic E-state index is -4.94. The molecule has 1 fully saturated rings. The van der Waals surface area contributed by atoms with Crippen LogP contribution in [0.25, 0.3) is 0 Å². The zero-order valence-electron chi connectivity index (χ0n) is 18.6. The highest BCUT2D eigenvalue weighted by atomic mass is 19.4. The van der Waals surface area contributed by atoms with Crippen molar-refractivity contribution in [3.63, 3.8) is 0 Å². The molecule has 2 heterocycles. The smallest absolute Gasteiger partial charge is 0.352 e. The van der Waals surface area contributed by atoms with Gasteiger partial charge in [-0.3, -0.25) is 4.68 Å². The topological polar surface area (TPSA) is 49.2 Å². The number of hydrogen-bond acceptors (Lipinski definition) is 4. The zero-order chi connectivity index (χ0) is 25.2. The standard InChI is InChI=1S/C24H23F6N3O2/c1-15(18-9-19(23(25,26)27)11-20(10-18)24(28,29)30)35-22-21(16-5-3-2-4-6-16)17(7-8-34-22)12-33-14-31-13-32-33/h2-6,9-11,13-15,17,21-22H,7-8,12H2,1H3/t15-,17-,21+,22-/m1/s1. The van der Waals surface area contributed by atoms with E-state index in [0.717, 1.165) is 5.56 Å². The number of benzene rings is 2. The molecule has 0 spiro atoms. The minimum absolute atomic E-state index is 0.0164. The van der Waals surface area contributed by atoms with Gasteiger partial charge in [-0.15, -0.1) is 0 Å². The third-order valence-corrected chi connectivity index (χ3v) is 6.06. The van der Waals surface area contributed by atoms with E-state index < -0.39 is 35.9 Å². The van der Waals surface area contributed by atoms with Crippen LogP contribution in [0, 0.1) is 5.92 Å². The van der Waals surface area contributed by atoms with Crippen molar-refractivity contribution in [3.8, 4) is 0 Å². The van der Waals surface area contributed by atoms with Crippen LogP contribution in [-0.2, 0) is 28.4 Å². The second-order valence-corrected chi connectivity index (χ2v) is 8.46. The summed E-state index contributed by atoms with van der Waals surface area (Å²) in [5.41, 5.74) is -2.12. The van der Waals surface area contributed by atoms with Gasteiger partial charge in [-0.2, -0.15) is 31.4 Å². The predicted molar refractivity (Wildman–Crippen MR) is 113 cm³/mol. The van der Waals surface area contributed by atoms with Gasteiger partial charge in [-0.25, -0.2) is 4.98 Å². The molecule has 3 aromatic rings. The summed E-state index contributed by atoms with van der Waals surface area (Å²) in [4.78, 5) is 3.95. The number of ether oxygens (including phenoxy) is 2. The fourth-order valence-corrected chi connectivity index (χ4v) is 4.34. The summed E-state index contributed by atoms with van der Waals surface area (Å²) in [5.74, 6) is -0.346. The molecule has 4 rings (SSSR count). The first-order valence-electron chi connectivity index (χ1n) is 11.0. The van der Waals surface area contributed by atoms with Crippen molar-refractivity contribution >= 4 is 0 Å². The van der Waals surface area contributed by atoms with Crippen LogP contribution >= 0.6 is 0 Å². The van der Waals surface area contributed by atoms with Gasteiger partial charge in [0.1, 0.15) is 12.7 Å². The van der Waals surface area contributed by atoms with Crippen molar-refractivity contribution in [2.75, 3.05) is 6.61 Å². The molecule has 0 amide bonds. The van der Waals surface area contributed by atoms with E-state index in [9.17, 15) is 26.3 Å². The van der Waals surface area contributed by atoms with E-state index in [4.69, 9.17) is 9.47 Å². The average molecular weight is 499 g/mol. The van der Waals surface area contributed by atoms with Gasteiger partial charge in [0.25, 0.3) is 0 Å². The van der Waals surface area contributed by atoms with Crippen LogP contribution in [0.1, 0.15) is 47.6 Å². The van der Waals surface area contributed by atoms with Crippen molar-refractivity contribution < 1.29 is 35.8 Å². The molecule has 1 aliphatic heterocycles. The summed E-state index contributed by atoms with van der Waals surface area (Å²) in [7, 11) is 0. The lowest BCUT2D eigenvalue weighted by molar-refractivity contribution is -0.210. The lowest BCUT2D eigenvalue weighted by Gasteiger charge is -2.39. The molecule has 11 heteroatoms. The molecule has 4 atom stereocenters. The SMILES string of the molecule is C[C@@H](O[C@H]1OCC[C@H](Cn2cncn2)[C@@H]1c1ccccc1)c1cc(C(F)(F)F)cc(C(F)(F)F)c1. The predicted octanol–water partition coefficient (Wildman–Crippen LogP) is 6.24. The fourth-order valence-electron chi connectivity index (χ4n) is 4.34. The van der Waals surface area contributed by atoms with Crippen molar-refractivity contribution in [1.82, 2.24) is 14.8 Å². The molecular weight excluding hydrogens is 476 g/mol. The third-order valence-electron chi connectivity index (χ3n) is 6.06. The Kier molecular flexibility index (Phi) is 7.18. The second-order valence-electron chi connectivity index (χ2n) is 8.46. The summed E-state index contributed by atoms with van der Waals surface area (Å²) in [6, 6.07) is 10.8. The maximum absolute atomic E-state index is 13.3. The van der Waals surface area contributed by atoms with Crippen LogP contribution in [0.15, 0.2) is 61.2 Å². The van der Waals surface area contributed by atoms with Crippen LogP contribution in [0.3, 0.4) is 0 Å². The molecular formula is C24H23F6N3O2. The molecule has 1 aliphatic rings. The average Bonchev–Trinajstić information content (AvgIpc) is 3.31. The Bertz CT molecular complexity index is 1070. The molecule has 35 heavy (non-hydrogen) atoms. The Morgan fingerprint density at radius 2 is 1.69 bits per heavy atom. The first-order valence-corrected chi connectivity index (χ1v) is 11.0. The number of alkyl halides is 6. The van der Waals surface area contributed by atoms with E-state index >= 15 is 0 Å². The first-order chi connectivity index (χ1) is 16.5. The molecule has 0 saturated carbocycles. The molecule has 5 nitrogen and oxygen atoms in total. The van der Waals surface area contributed by atoms with E-state index in [1.165, 1.54) is 13.3 Å². The van der Waals surface area contributed by atoms with Gasteiger partial charge < -0.3 is 9.47 Å². The molecule has 0 N–H and O–H groups in total. The number of rotatable bonds is 6. The van der Waals surface area contributed by atoms with Crippen LogP contribution in [0.5, 0.6) is 0 Å². The third kappa shape index (κ3) is 6.02. The van der Waals surface area contributed by atoms with Gasteiger partial charge in [0, 0.05) is 12.5 Å². The summed E-state index contributed by atoms with van der Waals surface area (Å²) in [5, 5.41) is 4.15. The van der Waals surface area contributed by atoms with E-state index in [1.807, 2.05) is 30.3 Å². The number of halogens is 6. The van der Waals surface area contributed by atoms with E-state index in [0.29, 0.717) is 31.7 Å². The summed E-state index contributed by atoms with van der Waals surface area (Å²) in [6.45, 7) is 2.23. The second kappa shape index (κ2) is 9.98. The highest BCUT2D eigenvalue weighted by Gasteiger charge is 2.40. The van der Waals surface area contributed by atoms with E-state index in [2.05, 4.69) is 10.1 Å². The maximum Gasteiger partial charge on any atom is 0.416 e. The quantitative estimate of drug-likeness (QED) is 0.377. The van der Waals surface area contributed by atoms with Gasteiger partial charge in [0.15, 0.2) is 6.29 Å². The Morgan fingerprint density at radius 1 is 1.03 bits per heavy atom. The monoisotopic (exact) mass is 499 g/mol. The van der Waals surface area contributed by atoms with Gasteiger partial charge >= 0.3 is 12.4 Å². The van der Waals surface area contributed by atoms with Crippen LogP contribution in [-0.4, -0.2) is 27.7 Å². The Balaban J connectivity index is 1.64. The molecule has 0 unspecified atom stereocenters. The fraction of sp³-hybridized carbons (Fsp3) is 0.417. The van der Waals surface area contributed by atoms with Crippen molar-refractivity contribution in [2.45, 2.75) is 50.6 Å². The van der Waals surface area contributed by atoms with Crippen LogP contribution < -0.4 is 0 Å². The first kappa shape index (κ1) is 25.2. The van der Waals surface area contributed by atoms with E-state index in [-0.39, 0.29) is 23.5 Å². The van der Waals surface area contributed by atoms with Crippen molar-refractivity contribution in [1.29, 1.82) is 0 Å². The Labute approximate surface area is 197 Å². The van der Waals surface area contributed by atoms with Gasteiger partial charge in [-0.05, 0) is 48.6 Å². The van der Waals surface area contributed by atoms with Crippen molar-refractivity contribution in [3.05, 3.63) is 83.4 Å². The lowest BCUT2D eigenvalue weighted by atomic mass is 9.81. The molecule has 0 aliphatic carbocycles. The summed E-state index contributed by atoms with van der Waals surface area (Å²) < 4.78 is 93.5. The zero-order valence-corrected chi connectivity index (χ0v) is 18.6. The van der Waals surface area contributed by atoms with Gasteiger partial charge in [-0.1, -0.05) is 30.3 Å². The van der Waals surface area contributed by atoms with E-state index in [1.54, 1.807) is 11.0 Å². The molecule has 0 bridgehead atoms. The number of nitrogens with zero attached hydrogens (tertiary/aromatic N) is 3. The van der Waals surface area contributed by atoms with Crippen LogP contribution in [0.4, 0.5) is 26.3 Å². The summed E-state index contributed by atoms with van der Waals surface area (Å²) in [6.07, 6.45) is -8.21. The Morgan fingerprint density at radius 3 is 2.26 bits per heavy atom.